The van der Waals surface area contributed by atoms with Gasteiger partial charge in [-0.25, -0.2) is 0 Å². The quantitative estimate of drug-likeness (QED) is 0.886. The van der Waals surface area contributed by atoms with Crippen LogP contribution >= 0.6 is 0 Å². The number of benzene rings is 2. The van der Waals surface area contributed by atoms with Crippen LogP contribution in [0.3, 0.4) is 0 Å². The molecule has 0 saturated heterocycles. The zero-order valence-corrected chi connectivity index (χ0v) is 13.2. The molecule has 0 aliphatic rings. The minimum Gasteiger partial charge on any atom is -0.508 e. The van der Waals surface area contributed by atoms with Crippen molar-refractivity contribution in [2.75, 3.05) is 14.1 Å². The average molecular weight is 312 g/mol. The van der Waals surface area contributed by atoms with Gasteiger partial charge in [0.2, 0.25) is 5.91 Å². The Balaban J connectivity index is 1.86. The number of carbonyl (C=O) groups is 2. The van der Waals surface area contributed by atoms with Gasteiger partial charge >= 0.3 is 0 Å². The molecule has 0 atom stereocenters. The van der Waals surface area contributed by atoms with Gasteiger partial charge < -0.3 is 15.3 Å². The number of amides is 2. The number of carbonyl (C=O) groups excluding carboxylic acids is 2. The van der Waals surface area contributed by atoms with Gasteiger partial charge in [0.1, 0.15) is 5.75 Å². The fourth-order valence-corrected chi connectivity index (χ4v) is 2.09. The second kappa shape index (κ2) is 7.45. The van der Waals surface area contributed by atoms with Crippen LogP contribution in [0.5, 0.6) is 5.75 Å². The number of phenols is 1. The number of nitrogens with zero attached hydrogens (tertiary/aromatic N) is 1. The number of rotatable bonds is 5. The Bertz CT molecular complexity index is 676. The van der Waals surface area contributed by atoms with Gasteiger partial charge in [-0.1, -0.05) is 24.3 Å². The van der Waals surface area contributed by atoms with E-state index in [-0.39, 0.29) is 24.0 Å². The molecule has 0 saturated carbocycles. The molecule has 0 bridgehead atoms. The van der Waals surface area contributed by atoms with E-state index in [4.69, 9.17) is 0 Å². The zero-order chi connectivity index (χ0) is 16.8. The Kier molecular flexibility index (Phi) is 5.36. The molecule has 0 spiro atoms. The van der Waals surface area contributed by atoms with E-state index in [9.17, 15) is 14.7 Å². The summed E-state index contributed by atoms with van der Waals surface area (Å²) in [5.41, 5.74) is 2.39. The van der Waals surface area contributed by atoms with Gasteiger partial charge in [-0.2, -0.15) is 0 Å². The van der Waals surface area contributed by atoms with Crippen molar-refractivity contribution in [2.24, 2.45) is 0 Å². The first-order chi connectivity index (χ1) is 11.0. The summed E-state index contributed by atoms with van der Waals surface area (Å²) < 4.78 is 0. The molecule has 0 fully saturated rings. The smallest absolute Gasteiger partial charge is 0.253 e. The minimum atomic E-state index is -0.0934. The Morgan fingerprint density at radius 2 is 1.52 bits per heavy atom. The van der Waals surface area contributed by atoms with Crippen LogP contribution < -0.4 is 5.32 Å². The van der Waals surface area contributed by atoms with E-state index in [0.29, 0.717) is 12.1 Å². The molecule has 2 amide bonds. The molecule has 2 N–H and O–H groups in total. The molecule has 2 aromatic rings. The van der Waals surface area contributed by atoms with Crippen molar-refractivity contribution in [3.8, 4) is 5.75 Å². The summed E-state index contributed by atoms with van der Waals surface area (Å²) in [6, 6.07) is 13.7. The maximum atomic E-state index is 11.9. The summed E-state index contributed by atoms with van der Waals surface area (Å²) in [5, 5.41) is 12.0. The predicted molar refractivity (Wildman–Crippen MR) is 88.1 cm³/mol. The highest BCUT2D eigenvalue weighted by molar-refractivity contribution is 5.93. The van der Waals surface area contributed by atoms with Crippen LogP contribution in [0.15, 0.2) is 48.5 Å². The van der Waals surface area contributed by atoms with Crippen molar-refractivity contribution in [1.82, 2.24) is 10.2 Å². The fraction of sp³-hybridized carbons (Fsp3) is 0.222. The van der Waals surface area contributed by atoms with Crippen molar-refractivity contribution < 1.29 is 14.7 Å². The normalized spacial score (nSPS) is 10.2. The average Bonchev–Trinajstić information content (AvgIpc) is 2.55. The minimum absolute atomic E-state index is 0.0482. The summed E-state index contributed by atoms with van der Waals surface area (Å²) in [6.07, 6.45) is 0.261. The van der Waals surface area contributed by atoms with Crippen molar-refractivity contribution in [2.45, 2.75) is 13.0 Å². The third kappa shape index (κ3) is 4.85. The Morgan fingerprint density at radius 1 is 0.957 bits per heavy atom. The number of hydrogen-bond acceptors (Lipinski definition) is 3. The van der Waals surface area contributed by atoms with E-state index in [0.717, 1.165) is 11.1 Å². The largest absolute Gasteiger partial charge is 0.508 e. The second-order valence-corrected chi connectivity index (χ2v) is 5.52. The van der Waals surface area contributed by atoms with E-state index in [1.54, 1.807) is 50.5 Å². The molecule has 0 aliphatic heterocycles. The van der Waals surface area contributed by atoms with E-state index < -0.39 is 0 Å². The fourth-order valence-electron chi connectivity index (χ4n) is 2.09. The van der Waals surface area contributed by atoms with Crippen molar-refractivity contribution >= 4 is 11.8 Å². The summed E-state index contributed by atoms with van der Waals surface area (Å²) in [5.74, 6) is 0.0403. The van der Waals surface area contributed by atoms with Crippen molar-refractivity contribution in [1.29, 1.82) is 0 Å². The molecular weight excluding hydrogens is 292 g/mol. The topological polar surface area (TPSA) is 69.6 Å². The summed E-state index contributed by atoms with van der Waals surface area (Å²) in [6.45, 7) is 0.410. The third-order valence-electron chi connectivity index (χ3n) is 3.40. The predicted octanol–water partition coefficient (Wildman–Crippen LogP) is 1.95. The molecule has 120 valence electrons. The Labute approximate surface area is 135 Å². The SMILES string of the molecule is CN(C)C(=O)c1ccc(CNC(=O)Cc2ccc(O)cc2)cc1. The molecule has 0 radical (unpaired) electrons. The van der Waals surface area contributed by atoms with Crippen LogP contribution in [0.1, 0.15) is 21.5 Å². The lowest BCUT2D eigenvalue weighted by Gasteiger charge is -2.11. The molecule has 5 nitrogen and oxygen atoms in total. The molecule has 0 unspecified atom stereocenters. The summed E-state index contributed by atoms with van der Waals surface area (Å²) >= 11 is 0. The molecule has 23 heavy (non-hydrogen) atoms. The van der Waals surface area contributed by atoms with Crippen LogP contribution in [0.25, 0.3) is 0 Å². The lowest BCUT2D eigenvalue weighted by atomic mass is 10.1. The first-order valence-electron chi connectivity index (χ1n) is 7.31. The van der Waals surface area contributed by atoms with Gasteiger partial charge in [0, 0.05) is 26.2 Å². The van der Waals surface area contributed by atoms with Gasteiger partial charge in [-0.15, -0.1) is 0 Å². The number of phenolic OH excluding ortho intramolecular Hbond substituents is 1. The maximum Gasteiger partial charge on any atom is 0.253 e. The highest BCUT2D eigenvalue weighted by atomic mass is 16.3. The monoisotopic (exact) mass is 312 g/mol. The van der Waals surface area contributed by atoms with Crippen molar-refractivity contribution in [3.05, 3.63) is 65.2 Å². The highest BCUT2D eigenvalue weighted by Gasteiger charge is 2.08. The molecule has 0 aromatic heterocycles. The van der Waals surface area contributed by atoms with E-state index >= 15 is 0 Å². The van der Waals surface area contributed by atoms with Crippen LogP contribution in [0.4, 0.5) is 0 Å². The molecule has 0 heterocycles. The molecule has 0 aliphatic carbocycles. The number of hydrogen-bond donors (Lipinski definition) is 2. The molecular formula is C18H20N2O3. The number of nitrogens with one attached hydrogen (secondary N) is 1. The summed E-state index contributed by atoms with van der Waals surface area (Å²) in [7, 11) is 3.42. The van der Waals surface area contributed by atoms with Gasteiger partial charge in [0.25, 0.3) is 5.91 Å². The standard InChI is InChI=1S/C18H20N2O3/c1-20(2)18(23)15-7-3-14(4-8-15)12-19-17(22)11-13-5-9-16(21)10-6-13/h3-10,21H,11-12H2,1-2H3,(H,19,22). The molecule has 2 aromatic carbocycles. The third-order valence-corrected chi connectivity index (χ3v) is 3.40. The first kappa shape index (κ1) is 16.5. The van der Waals surface area contributed by atoms with Gasteiger partial charge in [0.15, 0.2) is 0 Å². The van der Waals surface area contributed by atoms with Gasteiger partial charge in [-0.05, 0) is 35.4 Å². The van der Waals surface area contributed by atoms with Crippen LogP contribution in [0, 0.1) is 0 Å². The summed E-state index contributed by atoms with van der Waals surface area (Å²) in [4.78, 5) is 25.2. The van der Waals surface area contributed by atoms with Crippen LogP contribution in [-0.2, 0) is 17.8 Å². The molecule has 5 heteroatoms. The van der Waals surface area contributed by atoms with Crippen LogP contribution in [0.2, 0.25) is 0 Å². The Morgan fingerprint density at radius 3 is 2.09 bits per heavy atom. The van der Waals surface area contributed by atoms with Crippen molar-refractivity contribution in [3.63, 3.8) is 0 Å². The zero-order valence-electron chi connectivity index (χ0n) is 13.2. The highest BCUT2D eigenvalue weighted by Crippen LogP contribution is 2.10. The maximum absolute atomic E-state index is 11.9. The lowest BCUT2D eigenvalue weighted by molar-refractivity contribution is -0.120. The van der Waals surface area contributed by atoms with E-state index in [2.05, 4.69) is 5.32 Å². The van der Waals surface area contributed by atoms with E-state index in [1.165, 1.54) is 4.90 Å². The van der Waals surface area contributed by atoms with E-state index in [1.807, 2.05) is 12.1 Å². The number of aromatic hydroxyl groups is 1. The van der Waals surface area contributed by atoms with Crippen LogP contribution in [-0.4, -0.2) is 35.9 Å². The Hall–Kier alpha value is -2.82. The molecule has 2 rings (SSSR count). The lowest BCUT2D eigenvalue weighted by Crippen LogP contribution is -2.24. The van der Waals surface area contributed by atoms with Gasteiger partial charge in [-0.3, -0.25) is 9.59 Å². The first-order valence-corrected chi connectivity index (χ1v) is 7.31. The van der Waals surface area contributed by atoms with Gasteiger partial charge in [0.05, 0.1) is 6.42 Å². The second-order valence-electron chi connectivity index (χ2n) is 5.52.